The van der Waals surface area contributed by atoms with Gasteiger partial charge >= 0.3 is 0 Å². The van der Waals surface area contributed by atoms with Crippen LogP contribution in [0.3, 0.4) is 0 Å². The number of nitrogens with zero attached hydrogens (tertiary/aromatic N) is 2. The zero-order valence-electron chi connectivity index (χ0n) is 13.2. The number of sulfonamides is 1. The maximum absolute atomic E-state index is 12.3. The number of hydrogen-bond donors (Lipinski definition) is 0. The van der Waals surface area contributed by atoms with E-state index in [1.165, 1.54) is 26.2 Å². The Morgan fingerprint density at radius 2 is 1.86 bits per heavy atom. The van der Waals surface area contributed by atoms with Gasteiger partial charge in [-0.3, -0.25) is 4.79 Å². The van der Waals surface area contributed by atoms with Crippen LogP contribution in [0.5, 0.6) is 0 Å². The summed E-state index contributed by atoms with van der Waals surface area (Å²) >= 11 is 0. The third-order valence-corrected chi connectivity index (χ3v) is 5.56. The average molecular weight is 326 g/mol. The van der Waals surface area contributed by atoms with E-state index in [9.17, 15) is 13.2 Å². The lowest BCUT2D eigenvalue weighted by molar-refractivity contribution is 0.0587. The molecule has 1 aromatic carbocycles. The summed E-state index contributed by atoms with van der Waals surface area (Å²) in [6.45, 7) is 1.31. The number of carbonyl (C=O) groups excluding carboxylic acids is 1. The fraction of sp³-hybridized carbons (Fsp3) is 0.533. The highest BCUT2D eigenvalue weighted by Crippen LogP contribution is 2.17. The molecular weight excluding hydrogens is 304 g/mol. The Bertz CT molecular complexity index is 619. The predicted molar refractivity (Wildman–Crippen MR) is 83.2 cm³/mol. The summed E-state index contributed by atoms with van der Waals surface area (Å²) in [7, 11) is 1.21. The molecule has 1 aromatic rings. The molecule has 1 aliphatic heterocycles. The number of carbonyl (C=O) groups is 1. The van der Waals surface area contributed by atoms with E-state index < -0.39 is 10.0 Å². The van der Waals surface area contributed by atoms with E-state index in [0.717, 1.165) is 23.8 Å². The van der Waals surface area contributed by atoms with Crippen LogP contribution in [-0.4, -0.2) is 63.9 Å². The first-order chi connectivity index (χ1) is 10.3. The lowest BCUT2D eigenvalue weighted by Crippen LogP contribution is -2.34. The molecule has 122 valence electrons. The smallest absolute Gasteiger partial charge is 0.253 e. The van der Waals surface area contributed by atoms with Crippen molar-refractivity contribution in [3.05, 3.63) is 29.8 Å². The summed E-state index contributed by atoms with van der Waals surface area (Å²) in [5.74, 6) is -0.135. The van der Waals surface area contributed by atoms with Crippen LogP contribution < -0.4 is 0 Å². The van der Waals surface area contributed by atoms with Crippen LogP contribution in [-0.2, 0) is 14.8 Å². The van der Waals surface area contributed by atoms with Gasteiger partial charge in [0.05, 0.1) is 11.0 Å². The van der Waals surface area contributed by atoms with Crippen molar-refractivity contribution in [2.45, 2.75) is 23.8 Å². The normalized spacial score (nSPS) is 18.6. The number of hydrogen-bond acceptors (Lipinski definition) is 4. The van der Waals surface area contributed by atoms with Crippen molar-refractivity contribution >= 4 is 15.9 Å². The third kappa shape index (κ3) is 3.66. The van der Waals surface area contributed by atoms with Crippen molar-refractivity contribution in [3.63, 3.8) is 0 Å². The topological polar surface area (TPSA) is 66.9 Å². The molecule has 1 atom stereocenters. The summed E-state index contributed by atoms with van der Waals surface area (Å²) in [5.41, 5.74) is 0.471. The van der Waals surface area contributed by atoms with Crippen molar-refractivity contribution < 1.29 is 17.9 Å². The first-order valence-corrected chi connectivity index (χ1v) is 8.66. The van der Waals surface area contributed by atoms with Crippen LogP contribution in [0.4, 0.5) is 0 Å². The predicted octanol–water partition coefficient (Wildman–Crippen LogP) is 1.19. The summed E-state index contributed by atoms with van der Waals surface area (Å²) < 4.78 is 30.6. The largest absolute Gasteiger partial charge is 0.376 e. The summed E-state index contributed by atoms with van der Waals surface area (Å²) in [5, 5.41) is 0. The molecule has 1 aliphatic rings. The summed E-state index contributed by atoms with van der Waals surface area (Å²) in [6, 6.07) is 6.01. The van der Waals surface area contributed by atoms with Gasteiger partial charge in [-0.05, 0) is 37.1 Å². The molecule has 1 heterocycles. The van der Waals surface area contributed by atoms with Gasteiger partial charge in [0.1, 0.15) is 0 Å². The van der Waals surface area contributed by atoms with Crippen LogP contribution in [0.1, 0.15) is 23.2 Å². The molecule has 2 rings (SSSR count). The second-order valence-corrected chi connectivity index (χ2v) is 7.78. The minimum Gasteiger partial charge on any atom is -0.376 e. The molecule has 1 unspecified atom stereocenters. The quantitative estimate of drug-likeness (QED) is 0.815. The number of benzene rings is 1. The maximum Gasteiger partial charge on any atom is 0.253 e. The van der Waals surface area contributed by atoms with Crippen molar-refractivity contribution in [2.75, 3.05) is 34.3 Å². The van der Waals surface area contributed by atoms with E-state index in [2.05, 4.69) is 0 Å². The van der Waals surface area contributed by atoms with Crippen LogP contribution in [0.15, 0.2) is 29.2 Å². The lowest BCUT2D eigenvalue weighted by atomic mass is 10.2. The Kier molecular flexibility index (Phi) is 5.20. The van der Waals surface area contributed by atoms with Gasteiger partial charge in [0, 0.05) is 39.9 Å². The van der Waals surface area contributed by atoms with E-state index in [4.69, 9.17) is 4.74 Å². The molecule has 0 saturated carbocycles. The van der Waals surface area contributed by atoms with Crippen LogP contribution in [0, 0.1) is 0 Å². The summed E-state index contributed by atoms with van der Waals surface area (Å²) in [4.78, 5) is 14.1. The Balaban J connectivity index is 2.07. The average Bonchev–Trinajstić information content (AvgIpc) is 2.99. The molecule has 0 radical (unpaired) electrons. The Labute approximate surface area is 131 Å². The van der Waals surface area contributed by atoms with Gasteiger partial charge in [-0.25, -0.2) is 12.7 Å². The van der Waals surface area contributed by atoms with Crippen molar-refractivity contribution in [2.24, 2.45) is 0 Å². The minimum absolute atomic E-state index is 0.0994. The zero-order chi connectivity index (χ0) is 16.3. The second-order valence-electron chi connectivity index (χ2n) is 5.63. The lowest BCUT2D eigenvalue weighted by Gasteiger charge is -2.21. The third-order valence-electron chi connectivity index (χ3n) is 3.73. The van der Waals surface area contributed by atoms with Crippen molar-refractivity contribution in [1.29, 1.82) is 0 Å². The maximum atomic E-state index is 12.3. The standard InChI is InChI=1S/C15H22N2O4S/c1-16(2)22(19,20)14-8-6-12(7-9-14)15(18)17(3)11-13-5-4-10-21-13/h6-9,13H,4-5,10-11H2,1-3H3. The number of ether oxygens (including phenoxy) is 1. The van der Waals surface area contributed by atoms with Crippen molar-refractivity contribution in [1.82, 2.24) is 9.21 Å². The summed E-state index contributed by atoms with van der Waals surface area (Å²) in [6.07, 6.45) is 2.10. The van der Waals surface area contributed by atoms with E-state index in [1.807, 2.05) is 0 Å². The SMILES string of the molecule is CN(CC1CCCO1)C(=O)c1ccc(S(=O)(=O)N(C)C)cc1. The van der Waals surface area contributed by atoms with E-state index >= 15 is 0 Å². The number of amides is 1. The van der Waals surface area contributed by atoms with Crippen LogP contribution in [0.2, 0.25) is 0 Å². The molecule has 0 aliphatic carbocycles. The van der Waals surface area contributed by atoms with E-state index in [0.29, 0.717) is 12.1 Å². The van der Waals surface area contributed by atoms with Gasteiger partial charge in [-0.2, -0.15) is 0 Å². The molecule has 0 spiro atoms. The molecule has 1 fully saturated rings. The molecule has 6 nitrogen and oxygen atoms in total. The van der Waals surface area contributed by atoms with Gasteiger partial charge < -0.3 is 9.64 Å². The molecule has 1 amide bonds. The van der Waals surface area contributed by atoms with E-state index in [-0.39, 0.29) is 16.9 Å². The highest BCUT2D eigenvalue weighted by atomic mass is 32.2. The Hall–Kier alpha value is -1.44. The number of likely N-dealkylation sites (N-methyl/N-ethyl adjacent to an activating group) is 1. The molecule has 0 bridgehead atoms. The fourth-order valence-corrected chi connectivity index (χ4v) is 3.28. The molecular formula is C15H22N2O4S. The van der Waals surface area contributed by atoms with Gasteiger partial charge in [-0.1, -0.05) is 0 Å². The Morgan fingerprint density at radius 3 is 2.36 bits per heavy atom. The number of rotatable bonds is 5. The molecule has 0 N–H and O–H groups in total. The minimum atomic E-state index is -3.47. The molecule has 7 heteroatoms. The van der Waals surface area contributed by atoms with Gasteiger partial charge in [-0.15, -0.1) is 0 Å². The molecule has 0 aromatic heterocycles. The first-order valence-electron chi connectivity index (χ1n) is 7.22. The van der Waals surface area contributed by atoms with E-state index in [1.54, 1.807) is 24.1 Å². The molecule has 22 heavy (non-hydrogen) atoms. The highest BCUT2D eigenvalue weighted by Gasteiger charge is 2.22. The fourth-order valence-electron chi connectivity index (χ4n) is 2.38. The van der Waals surface area contributed by atoms with Gasteiger partial charge in [0.2, 0.25) is 10.0 Å². The van der Waals surface area contributed by atoms with Crippen molar-refractivity contribution in [3.8, 4) is 0 Å². The monoisotopic (exact) mass is 326 g/mol. The Morgan fingerprint density at radius 1 is 1.23 bits per heavy atom. The molecule has 1 saturated heterocycles. The zero-order valence-corrected chi connectivity index (χ0v) is 14.0. The highest BCUT2D eigenvalue weighted by molar-refractivity contribution is 7.89. The van der Waals surface area contributed by atoms with Crippen LogP contribution in [0.25, 0.3) is 0 Å². The van der Waals surface area contributed by atoms with Gasteiger partial charge in [0.25, 0.3) is 5.91 Å². The second kappa shape index (κ2) is 6.76. The first kappa shape index (κ1) is 16.9. The van der Waals surface area contributed by atoms with Gasteiger partial charge in [0.15, 0.2) is 0 Å². The van der Waals surface area contributed by atoms with Crippen LogP contribution >= 0.6 is 0 Å².